The zero-order valence-corrected chi connectivity index (χ0v) is 18.5. The number of ether oxygens (including phenoxy) is 1. The average Bonchev–Trinajstić information content (AvgIpc) is 2.60. The highest BCUT2D eigenvalue weighted by atomic mass is 16.6. The predicted octanol–water partition coefficient (Wildman–Crippen LogP) is 4.92. The van der Waals surface area contributed by atoms with Gasteiger partial charge in [-0.2, -0.15) is 0 Å². The van der Waals surface area contributed by atoms with Crippen LogP contribution < -0.4 is 5.32 Å². The predicted molar refractivity (Wildman–Crippen MR) is 112 cm³/mol. The summed E-state index contributed by atoms with van der Waals surface area (Å²) >= 11 is 0. The Morgan fingerprint density at radius 1 is 0.786 bits per heavy atom. The normalized spacial score (nSPS) is 13.5. The molecule has 154 valence electrons. The van der Waals surface area contributed by atoms with Crippen molar-refractivity contribution in [2.24, 2.45) is 10.8 Å². The van der Waals surface area contributed by atoms with Crippen LogP contribution in [-0.4, -0.2) is 23.3 Å². The number of benzene rings is 1. The topological polar surface area (TPSA) is 72.5 Å². The molecule has 0 atom stereocenters. The molecule has 0 unspecified atom stereocenters. The van der Waals surface area contributed by atoms with Gasteiger partial charge in [-0.1, -0.05) is 23.8 Å². The van der Waals surface area contributed by atoms with Crippen LogP contribution in [0.4, 0.5) is 5.69 Å². The van der Waals surface area contributed by atoms with Crippen LogP contribution in [0, 0.1) is 10.8 Å². The third-order valence-corrected chi connectivity index (χ3v) is 5.74. The fourth-order valence-electron chi connectivity index (χ4n) is 2.52. The molecule has 0 radical (unpaired) electrons. The molecule has 1 rings (SSSR count). The van der Waals surface area contributed by atoms with Gasteiger partial charge in [-0.3, -0.25) is 14.4 Å². The summed E-state index contributed by atoms with van der Waals surface area (Å²) in [4.78, 5) is 37.5. The lowest BCUT2D eigenvalue weighted by Gasteiger charge is -2.35. The first-order valence-electron chi connectivity index (χ1n) is 9.43. The number of para-hydroxylation sites is 1. The minimum atomic E-state index is -1.38. The van der Waals surface area contributed by atoms with E-state index in [4.69, 9.17) is 4.74 Å². The summed E-state index contributed by atoms with van der Waals surface area (Å²) in [7, 11) is 0. The van der Waals surface area contributed by atoms with Gasteiger partial charge in [0.2, 0.25) is 5.91 Å². The smallest absolute Gasteiger partial charge is 0.321 e. The first-order valence-corrected chi connectivity index (χ1v) is 9.43. The van der Waals surface area contributed by atoms with Gasteiger partial charge in [0.05, 0.1) is 0 Å². The summed E-state index contributed by atoms with van der Waals surface area (Å²) in [6, 6.07) is 8.96. The fraction of sp³-hybridized carbons (Fsp3) is 0.522. The van der Waals surface area contributed by atoms with E-state index in [1.54, 1.807) is 45.0 Å². The third kappa shape index (κ3) is 5.09. The molecule has 0 saturated carbocycles. The Labute approximate surface area is 168 Å². The summed E-state index contributed by atoms with van der Waals surface area (Å²) in [5.41, 5.74) is -0.740. The van der Waals surface area contributed by atoms with E-state index in [0.29, 0.717) is 5.69 Å². The number of hydrogen-bond acceptors (Lipinski definition) is 4. The lowest BCUT2D eigenvalue weighted by molar-refractivity contribution is -0.166. The van der Waals surface area contributed by atoms with Crippen molar-refractivity contribution in [2.75, 3.05) is 5.32 Å². The van der Waals surface area contributed by atoms with E-state index in [2.05, 4.69) is 5.32 Å². The summed E-state index contributed by atoms with van der Waals surface area (Å²) in [5.74, 6) is -1.03. The van der Waals surface area contributed by atoms with Crippen molar-refractivity contribution < 1.29 is 19.1 Å². The van der Waals surface area contributed by atoms with Gasteiger partial charge in [0.25, 0.3) is 0 Å². The first kappa shape index (κ1) is 23.6. The molecule has 1 aromatic rings. The van der Waals surface area contributed by atoms with Crippen LogP contribution in [0.5, 0.6) is 0 Å². The average molecular weight is 388 g/mol. The highest BCUT2D eigenvalue weighted by Crippen LogP contribution is 2.36. The number of anilines is 1. The summed E-state index contributed by atoms with van der Waals surface area (Å²) in [6.45, 7) is 15.6. The third-order valence-electron chi connectivity index (χ3n) is 5.74. The quantitative estimate of drug-likeness (QED) is 0.409. The van der Waals surface area contributed by atoms with Gasteiger partial charge in [-0.15, -0.1) is 0 Å². The number of carbonyl (C=O) groups excluding carboxylic acids is 3. The molecule has 28 heavy (non-hydrogen) atoms. The van der Waals surface area contributed by atoms with Crippen molar-refractivity contribution in [1.29, 1.82) is 0 Å². The molecule has 1 aromatic carbocycles. The van der Waals surface area contributed by atoms with Crippen molar-refractivity contribution in [3.8, 4) is 0 Å². The largest absolute Gasteiger partial charge is 0.454 e. The maximum absolute atomic E-state index is 12.9. The molecule has 1 N–H and O–H groups in total. The molecule has 5 nitrogen and oxygen atoms in total. The van der Waals surface area contributed by atoms with E-state index < -0.39 is 28.3 Å². The Bertz CT molecular complexity index is 786. The summed E-state index contributed by atoms with van der Waals surface area (Å²) in [6.07, 6.45) is 0. The number of rotatable bonds is 7. The molecule has 0 aliphatic heterocycles. The van der Waals surface area contributed by atoms with Gasteiger partial charge in [0, 0.05) is 11.1 Å². The monoisotopic (exact) mass is 387 g/mol. The van der Waals surface area contributed by atoms with Gasteiger partial charge < -0.3 is 10.1 Å². The number of allylic oxidation sites excluding steroid dienone is 1. The lowest BCUT2D eigenvalue weighted by atomic mass is 9.76. The number of amides is 1. The number of Topliss-reactive ketones (excluding diaryl/α,β-unsaturated/α-hetero) is 1. The molecule has 0 aromatic heterocycles. The molecule has 0 saturated heterocycles. The minimum absolute atomic E-state index is 0.0362. The Morgan fingerprint density at radius 3 is 1.75 bits per heavy atom. The SMILES string of the molecule is CC(=O)C(C)(C)/C(C)=C(/C)C(C)(C)OC(=O)C(C)(C)C(=O)Nc1ccccc1. The molecule has 0 heterocycles. The molecule has 0 aliphatic rings. The van der Waals surface area contributed by atoms with Crippen LogP contribution >= 0.6 is 0 Å². The highest BCUT2D eigenvalue weighted by molar-refractivity contribution is 6.08. The number of ketones is 1. The molecule has 1 amide bonds. The van der Waals surface area contributed by atoms with E-state index in [-0.39, 0.29) is 5.78 Å². The van der Waals surface area contributed by atoms with Crippen molar-refractivity contribution in [2.45, 2.75) is 67.9 Å². The molecular weight excluding hydrogens is 354 g/mol. The van der Waals surface area contributed by atoms with E-state index in [1.165, 1.54) is 13.8 Å². The van der Waals surface area contributed by atoms with E-state index in [1.807, 2.05) is 33.8 Å². The number of carbonyl (C=O) groups is 3. The summed E-state index contributed by atoms with van der Waals surface area (Å²) in [5, 5.41) is 2.74. The van der Waals surface area contributed by atoms with Crippen LogP contribution in [0.25, 0.3) is 0 Å². The second-order valence-corrected chi connectivity index (χ2v) is 8.78. The molecular formula is C23H33NO4. The van der Waals surface area contributed by atoms with Gasteiger partial charge in [-0.05, 0) is 80.0 Å². The van der Waals surface area contributed by atoms with E-state index >= 15 is 0 Å². The van der Waals surface area contributed by atoms with Crippen LogP contribution in [0.3, 0.4) is 0 Å². The standard InChI is InChI=1S/C23H33NO4/c1-15(21(4,5)17(3)25)16(2)23(8,9)28-20(27)22(6,7)19(26)24-18-13-11-10-12-14-18/h10-14H,1-9H3,(H,24,26)/b16-15-. The molecule has 0 fully saturated rings. The highest BCUT2D eigenvalue weighted by Gasteiger charge is 2.42. The Balaban J connectivity index is 3.05. The Kier molecular flexibility index (Phi) is 6.99. The van der Waals surface area contributed by atoms with E-state index in [0.717, 1.165) is 11.1 Å². The van der Waals surface area contributed by atoms with Gasteiger partial charge >= 0.3 is 5.97 Å². The number of nitrogens with one attached hydrogen (secondary N) is 1. The second kappa shape index (κ2) is 8.29. The molecule has 5 heteroatoms. The Hall–Kier alpha value is -2.43. The van der Waals surface area contributed by atoms with Crippen molar-refractivity contribution in [3.05, 3.63) is 41.5 Å². The van der Waals surface area contributed by atoms with Crippen LogP contribution in [-0.2, 0) is 19.1 Å². The zero-order valence-electron chi connectivity index (χ0n) is 18.5. The maximum atomic E-state index is 12.9. The fourth-order valence-corrected chi connectivity index (χ4v) is 2.52. The van der Waals surface area contributed by atoms with Crippen LogP contribution in [0.15, 0.2) is 41.5 Å². The maximum Gasteiger partial charge on any atom is 0.321 e. The molecule has 0 aliphatic carbocycles. The zero-order chi connectivity index (χ0) is 21.9. The second-order valence-electron chi connectivity index (χ2n) is 8.78. The minimum Gasteiger partial charge on any atom is -0.454 e. The Morgan fingerprint density at radius 2 is 1.29 bits per heavy atom. The van der Waals surface area contributed by atoms with Crippen molar-refractivity contribution in [1.82, 2.24) is 0 Å². The van der Waals surface area contributed by atoms with E-state index in [9.17, 15) is 14.4 Å². The van der Waals surface area contributed by atoms with Gasteiger partial charge in [0.15, 0.2) is 0 Å². The molecule has 0 spiro atoms. The summed E-state index contributed by atoms with van der Waals surface area (Å²) < 4.78 is 5.75. The van der Waals surface area contributed by atoms with Crippen LogP contribution in [0.1, 0.15) is 62.3 Å². The number of hydrogen-bond donors (Lipinski definition) is 1. The van der Waals surface area contributed by atoms with Crippen LogP contribution in [0.2, 0.25) is 0 Å². The van der Waals surface area contributed by atoms with Gasteiger partial charge in [0.1, 0.15) is 16.8 Å². The van der Waals surface area contributed by atoms with Gasteiger partial charge in [-0.25, -0.2) is 0 Å². The number of esters is 1. The van der Waals surface area contributed by atoms with Crippen molar-refractivity contribution >= 4 is 23.3 Å². The first-order chi connectivity index (χ1) is 12.6. The molecule has 0 bridgehead atoms. The lowest BCUT2D eigenvalue weighted by Crippen LogP contribution is -2.44. The van der Waals surface area contributed by atoms with Crippen molar-refractivity contribution in [3.63, 3.8) is 0 Å².